The van der Waals surface area contributed by atoms with Crippen LogP contribution in [-0.2, 0) is 11.0 Å². The van der Waals surface area contributed by atoms with Crippen LogP contribution in [0.15, 0.2) is 53.9 Å². The highest BCUT2D eigenvalue weighted by Gasteiger charge is 2.31. The van der Waals surface area contributed by atoms with Crippen LogP contribution < -0.4 is 15.4 Å². The number of alkyl halides is 3. The summed E-state index contributed by atoms with van der Waals surface area (Å²) in [5.41, 5.74) is 0.598. The van der Waals surface area contributed by atoms with Gasteiger partial charge in [0, 0.05) is 44.3 Å². The Kier molecular flexibility index (Phi) is 6.21. The zero-order valence-electron chi connectivity index (χ0n) is 16.9. The van der Waals surface area contributed by atoms with Gasteiger partial charge in [0.15, 0.2) is 0 Å². The SMILES string of the molecule is N[n+]1c(SCC(=O)N2CCN(c3cccc(C(F)(F)F)c3)CC2)n[nH]c1-c1cccnc1. The minimum absolute atomic E-state index is 0.0791. The molecular weight excluding hydrogens is 443 g/mol. The molecule has 1 fully saturated rings. The number of amides is 1. The van der Waals surface area contributed by atoms with Gasteiger partial charge in [0.05, 0.1) is 22.0 Å². The molecule has 1 aromatic carbocycles. The molecule has 1 aliphatic heterocycles. The van der Waals surface area contributed by atoms with E-state index < -0.39 is 11.7 Å². The van der Waals surface area contributed by atoms with Gasteiger partial charge in [-0.15, -0.1) is 9.77 Å². The number of carbonyl (C=O) groups excluding carboxylic acids is 1. The van der Waals surface area contributed by atoms with Gasteiger partial charge in [0.2, 0.25) is 5.91 Å². The molecule has 12 heteroatoms. The number of pyridine rings is 1. The van der Waals surface area contributed by atoms with Gasteiger partial charge in [-0.1, -0.05) is 6.07 Å². The number of nitrogens with two attached hydrogens (primary N) is 1. The molecule has 0 radical (unpaired) electrons. The smallest absolute Gasteiger partial charge is 0.368 e. The maximum atomic E-state index is 13.0. The van der Waals surface area contributed by atoms with E-state index in [0.717, 1.165) is 17.7 Å². The van der Waals surface area contributed by atoms with Crippen LogP contribution in [0, 0.1) is 0 Å². The van der Waals surface area contributed by atoms with E-state index in [-0.39, 0.29) is 11.7 Å². The van der Waals surface area contributed by atoms with Crippen molar-refractivity contribution in [1.82, 2.24) is 20.1 Å². The van der Waals surface area contributed by atoms with E-state index >= 15 is 0 Å². The van der Waals surface area contributed by atoms with Crippen LogP contribution >= 0.6 is 11.8 Å². The summed E-state index contributed by atoms with van der Waals surface area (Å²) < 4.78 is 40.3. The fourth-order valence-electron chi connectivity index (χ4n) is 3.42. The lowest BCUT2D eigenvalue weighted by Crippen LogP contribution is -2.50. The highest BCUT2D eigenvalue weighted by atomic mass is 32.2. The van der Waals surface area contributed by atoms with Crippen molar-refractivity contribution >= 4 is 23.4 Å². The standard InChI is InChI=1S/C20H20F3N7OS/c21-20(22,23)15-4-1-5-16(11-15)28-7-9-29(10-8-28)17(31)13-32-19-27-26-18(30(19)24)14-3-2-6-25-12-14/h1-6,11-12H,7-10,13,24H2/p+1. The van der Waals surface area contributed by atoms with Gasteiger partial charge < -0.3 is 9.80 Å². The number of anilines is 1. The molecule has 0 unspecified atom stereocenters. The predicted octanol–water partition coefficient (Wildman–Crippen LogP) is 1.93. The summed E-state index contributed by atoms with van der Waals surface area (Å²) in [5, 5.41) is 7.47. The van der Waals surface area contributed by atoms with Crippen LogP contribution in [0.3, 0.4) is 0 Å². The Hall–Kier alpha value is -3.28. The van der Waals surface area contributed by atoms with E-state index in [0.29, 0.717) is 42.8 Å². The normalized spacial score (nSPS) is 14.6. The number of nitrogens with zero attached hydrogens (tertiary/aromatic N) is 5. The highest BCUT2D eigenvalue weighted by molar-refractivity contribution is 7.99. The topological polar surface area (TPSA) is 95.0 Å². The van der Waals surface area contributed by atoms with Crippen LogP contribution in [0.1, 0.15) is 5.56 Å². The van der Waals surface area contributed by atoms with E-state index in [1.165, 1.54) is 22.5 Å². The molecule has 168 valence electrons. The van der Waals surface area contributed by atoms with E-state index in [9.17, 15) is 18.0 Å². The molecule has 0 spiro atoms. The molecule has 0 bridgehead atoms. The number of hydrogen-bond acceptors (Lipinski definition) is 6. The Balaban J connectivity index is 1.32. The van der Waals surface area contributed by atoms with Crippen molar-refractivity contribution < 1.29 is 22.6 Å². The molecule has 1 saturated heterocycles. The Morgan fingerprint density at radius 3 is 2.66 bits per heavy atom. The van der Waals surface area contributed by atoms with Crippen LogP contribution in [-0.4, -0.2) is 57.9 Å². The number of aromatic nitrogens is 4. The first-order valence-corrected chi connectivity index (χ1v) is 10.8. The third kappa shape index (κ3) is 4.79. The van der Waals surface area contributed by atoms with Crippen molar-refractivity contribution in [3.8, 4) is 11.4 Å². The molecule has 0 atom stereocenters. The van der Waals surface area contributed by atoms with Gasteiger partial charge in [-0.3, -0.25) is 15.6 Å². The van der Waals surface area contributed by atoms with Crippen LogP contribution in [0.2, 0.25) is 0 Å². The van der Waals surface area contributed by atoms with Gasteiger partial charge in [-0.2, -0.15) is 13.2 Å². The second-order valence-corrected chi connectivity index (χ2v) is 8.11. The summed E-state index contributed by atoms with van der Waals surface area (Å²) in [6.45, 7) is 1.78. The molecule has 3 heterocycles. The average molecular weight is 464 g/mol. The van der Waals surface area contributed by atoms with Gasteiger partial charge in [-0.25, -0.2) is 0 Å². The number of carbonyl (C=O) groups is 1. The monoisotopic (exact) mass is 464 g/mol. The van der Waals surface area contributed by atoms with Gasteiger partial charge in [0.1, 0.15) is 0 Å². The number of hydrogen-bond donors (Lipinski definition) is 2. The lowest BCUT2D eigenvalue weighted by molar-refractivity contribution is -0.666. The highest BCUT2D eigenvalue weighted by Crippen LogP contribution is 2.32. The van der Waals surface area contributed by atoms with Crippen LogP contribution in [0.4, 0.5) is 18.9 Å². The molecule has 1 aliphatic rings. The van der Waals surface area contributed by atoms with Gasteiger partial charge >= 0.3 is 11.3 Å². The summed E-state index contributed by atoms with van der Waals surface area (Å²) in [6, 6.07) is 8.88. The maximum absolute atomic E-state index is 13.0. The number of aromatic amines is 1. The Labute approximate surface area is 186 Å². The minimum atomic E-state index is -4.38. The van der Waals surface area contributed by atoms with Crippen LogP contribution in [0.5, 0.6) is 0 Å². The summed E-state index contributed by atoms with van der Waals surface area (Å²) in [6.07, 6.45) is -1.07. The minimum Gasteiger partial charge on any atom is -0.368 e. The maximum Gasteiger partial charge on any atom is 0.416 e. The van der Waals surface area contributed by atoms with Gasteiger partial charge in [-0.05, 0) is 42.1 Å². The number of rotatable bonds is 5. The molecule has 0 aliphatic carbocycles. The van der Waals surface area contributed by atoms with Crippen molar-refractivity contribution in [2.45, 2.75) is 11.3 Å². The molecule has 1 amide bonds. The zero-order valence-corrected chi connectivity index (χ0v) is 17.7. The first-order chi connectivity index (χ1) is 15.3. The number of benzene rings is 1. The number of piperazine rings is 1. The third-order valence-electron chi connectivity index (χ3n) is 5.14. The second kappa shape index (κ2) is 9.07. The molecule has 4 rings (SSSR count). The molecule has 32 heavy (non-hydrogen) atoms. The molecule has 3 N–H and O–H groups in total. The van der Waals surface area contributed by atoms with E-state index in [4.69, 9.17) is 5.84 Å². The number of thioether (sulfide) groups is 1. The quantitative estimate of drug-likeness (QED) is 0.341. The van der Waals surface area contributed by atoms with Crippen molar-refractivity contribution in [3.63, 3.8) is 0 Å². The number of H-pyrrole nitrogens is 1. The van der Waals surface area contributed by atoms with Gasteiger partial charge in [0.25, 0.3) is 5.82 Å². The van der Waals surface area contributed by atoms with Crippen molar-refractivity contribution in [2.24, 2.45) is 0 Å². The zero-order chi connectivity index (χ0) is 22.7. The van der Waals surface area contributed by atoms with Crippen LogP contribution in [0.25, 0.3) is 11.4 Å². The fourth-order valence-corrected chi connectivity index (χ4v) is 4.20. The molecule has 0 saturated carbocycles. The second-order valence-electron chi connectivity index (χ2n) is 7.17. The third-order valence-corrected chi connectivity index (χ3v) is 6.07. The Morgan fingerprint density at radius 2 is 1.97 bits per heavy atom. The first kappa shape index (κ1) is 21.9. The first-order valence-electron chi connectivity index (χ1n) is 9.81. The largest absolute Gasteiger partial charge is 0.416 e. The molecule has 2 aromatic heterocycles. The summed E-state index contributed by atoms with van der Waals surface area (Å²) in [4.78, 5) is 20.2. The average Bonchev–Trinajstić information content (AvgIpc) is 3.18. The van der Waals surface area contributed by atoms with E-state index in [1.54, 1.807) is 29.4 Å². The molecule has 8 nitrogen and oxygen atoms in total. The lowest BCUT2D eigenvalue weighted by atomic mass is 10.1. The number of nitrogen functional groups attached to an aromatic ring is 1. The Morgan fingerprint density at radius 1 is 1.19 bits per heavy atom. The lowest BCUT2D eigenvalue weighted by Gasteiger charge is -2.36. The van der Waals surface area contributed by atoms with Crippen molar-refractivity contribution in [2.75, 3.05) is 42.7 Å². The number of halogens is 3. The fraction of sp³-hybridized carbons (Fsp3) is 0.300. The molecular formula is C20H21F3N7OS+. The van der Waals surface area contributed by atoms with E-state index in [2.05, 4.69) is 15.2 Å². The molecule has 3 aromatic rings. The summed E-state index contributed by atoms with van der Waals surface area (Å²) >= 11 is 1.21. The predicted molar refractivity (Wildman–Crippen MR) is 113 cm³/mol. The summed E-state index contributed by atoms with van der Waals surface area (Å²) in [7, 11) is 0. The number of nitrogens with one attached hydrogen (secondary N) is 1. The van der Waals surface area contributed by atoms with Crippen molar-refractivity contribution in [1.29, 1.82) is 0 Å². The Bertz CT molecular complexity index is 1080. The van der Waals surface area contributed by atoms with E-state index in [1.807, 2.05) is 11.0 Å². The van der Waals surface area contributed by atoms with Crippen molar-refractivity contribution in [3.05, 3.63) is 54.4 Å². The summed E-state index contributed by atoms with van der Waals surface area (Å²) in [5.74, 6) is 6.73.